The van der Waals surface area contributed by atoms with E-state index in [1.165, 1.54) is 0 Å². The standard InChI is InChI=1S/C21H19N3O2/c1-14-19(15-8-2-4-10-17(15)23-14)21(26)16-9-3-5-11-18(16)24(20(21)25)13-7-6-12-22/h2-5,8-11,23,26H,6-7,13H2,1H3/t21-/m1/s1. The predicted molar refractivity (Wildman–Crippen MR) is 99.7 cm³/mol. The second kappa shape index (κ2) is 6.01. The summed E-state index contributed by atoms with van der Waals surface area (Å²) in [5.74, 6) is -0.357. The molecule has 3 aromatic rings. The van der Waals surface area contributed by atoms with E-state index in [9.17, 15) is 9.90 Å². The first kappa shape index (κ1) is 16.4. The van der Waals surface area contributed by atoms with E-state index in [1.807, 2.05) is 49.4 Å². The van der Waals surface area contributed by atoms with Crippen LogP contribution in [0, 0.1) is 18.3 Å². The van der Waals surface area contributed by atoms with E-state index in [0.29, 0.717) is 36.2 Å². The second-order valence-corrected chi connectivity index (χ2v) is 6.62. The molecule has 2 N–H and O–H groups in total. The van der Waals surface area contributed by atoms with Crippen LogP contribution in [-0.2, 0) is 10.4 Å². The molecule has 0 aliphatic carbocycles. The van der Waals surface area contributed by atoms with Crippen molar-refractivity contribution in [3.05, 3.63) is 65.4 Å². The average Bonchev–Trinajstić information content (AvgIpc) is 3.09. The van der Waals surface area contributed by atoms with Gasteiger partial charge in [-0.25, -0.2) is 0 Å². The molecule has 0 fully saturated rings. The first-order valence-corrected chi connectivity index (χ1v) is 8.67. The van der Waals surface area contributed by atoms with Crippen molar-refractivity contribution in [3.8, 4) is 6.07 Å². The smallest absolute Gasteiger partial charge is 0.268 e. The van der Waals surface area contributed by atoms with Crippen molar-refractivity contribution >= 4 is 22.5 Å². The van der Waals surface area contributed by atoms with Crippen LogP contribution in [0.5, 0.6) is 0 Å². The van der Waals surface area contributed by atoms with E-state index in [0.717, 1.165) is 16.6 Å². The molecule has 0 spiro atoms. The summed E-state index contributed by atoms with van der Waals surface area (Å²) in [6.45, 7) is 2.29. The lowest BCUT2D eigenvalue weighted by Gasteiger charge is -2.24. The SMILES string of the molecule is Cc1[nH]c2ccccc2c1[C@@]1(O)C(=O)N(CCCC#N)c2ccccc21. The van der Waals surface area contributed by atoms with Gasteiger partial charge < -0.3 is 15.0 Å². The topological polar surface area (TPSA) is 80.1 Å². The number of aryl methyl sites for hydroxylation is 1. The predicted octanol–water partition coefficient (Wildman–Crippen LogP) is 3.36. The molecule has 2 heterocycles. The zero-order chi connectivity index (χ0) is 18.3. The van der Waals surface area contributed by atoms with E-state index in [2.05, 4.69) is 11.1 Å². The van der Waals surface area contributed by atoms with Crippen molar-refractivity contribution in [3.63, 3.8) is 0 Å². The minimum Gasteiger partial charge on any atom is -0.372 e. The van der Waals surface area contributed by atoms with Gasteiger partial charge in [0, 0.05) is 40.7 Å². The van der Waals surface area contributed by atoms with Gasteiger partial charge in [-0.1, -0.05) is 36.4 Å². The third kappa shape index (κ3) is 2.16. The highest BCUT2D eigenvalue weighted by Crippen LogP contribution is 2.47. The van der Waals surface area contributed by atoms with Crippen LogP contribution in [-0.4, -0.2) is 22.5 Å². The van der Waals surface area contributed by atoms with E-state index >= 15 is 0 Å². The van der Waals surface area contributed by atoms with Crippen molar-refractivity contribution in [2.45, 2.75) is 25.4 Å². The number of carbonyl (C=O) groups is 1. The Morgan fingerprint density at radius 2 is 1.92 bits per heavy atom. The molecule has 1 amide bonds. The summed E-state index contributed by atoms with van der Waals surface area (Å²) in [5, 5.41) is 21.3. The Balaban J connectivity index is 1.91. The van der Waals surface area contributed by atoms with Gasteiger partial charge in [-0.05, 0) is 25.5 Å². The van der Waals surface area contributed by atoms with Crippen LogP contribution in [0.15, 0.2) is 48.5 Å². The number of nitriles is 1. The number of nitrogens with one attached hydrogen (secondary N) is 1. The fourth-order valence-corrected chi connectivity index (χ4v) is 3.96. The Labute approximate surface area is 151 Å². The largest absolute Gasteiger partial charge is 0.372 e. The first-order valence-electron chi connectivity index (χ1n) is 8.67. The molecule has 0 radical (unpaired) electrons. The minimum atomic E-state index is -1.73. The van der Waals surface area contributed by atoms with Gasteiger partial charge >= 0.3 is 0 Å². The number of aromatic nitrogens is 1. The molecule has 1 aliphatic rings. The van der Waals surface area contributed by atoms with Crippen molar-refractivity contribution < 1.29 is 9.90 Å². The number of rotatable bonds is 4. The molecule has 0 saturated heterocycles. The van der Waals surface area contributed by atoms with Crippen LogP contribution in [0.25, 0.3) is 10.9 Å². The number of benzene rings is 2. The zero-order valence-electron chi connectivity index (χ0n) is 14.5. The second-order valence-electron chi connectivity index (χ2n) is 6.62. The number of para-hydroxylation sites is 2. The van der Waals surface area contributed by atoms with E-state index in [1.54, 1.807) is 11.0 Å². The molecule has 1 aromatic heterocycles. The molecule has 0 saturated carbocycles. The van der Waals surface area contributed by atoms with Crippen molar-refractivity contribution in [2.24, 2.45) is 0 Å². The van der Waals surface area contributed by atoms with Crippen molar-refractivity contribution in [1.82, 2.24) is 4.98 Å². The lowest BCUT2D eigenvalue weighted by molar-refractivity contribution is -0.132. The fraction of sp³-hybridized carbons (Fsp3) is 0.238. The van der Waals surface area contributed by atoms with Gasteiger partial charge in [0.1, 0.15) is 0 Å². The van der Waals surface area contributed by atoms with E-state index < -0.39 is 5.60 Å². The highest BCUT2D eigenvalue weighted by atomic mass is 16.3. The number of fused-ring (bicyclic) bond motifs is 2. The molecule has 0 unspecified atom stereocenters. The van der Waals surface area contributed by atoms with Gasteiger partial charge in [-0.3, -0.25) is 4.79 Å². The van der Waals surface area contributed by atoms with E-state index in [4.69, 9.17) is 5.26 Å². The summed E-state index contributed by atoms with van der Waals surface area (Å²) in [6, 6.07) is 17.1. The number of hydrogen-bond acceptors (Lipinski definition) is 3. The summed E-state index contributed by atoms with van der Waals surface area (Å²) in [5.41, 5.74) is 1.84. The molecule has 4 rings (SSSR count). The summed E-state index contributed by atoms with van der Waals surface area (Å²) >= 11 is 0. The van der Waals surface area contributed by atoms with Crippen LogP contribution in [0.2, 0.25) is 0 Å². The number of amides is 1. The van der Waals surface area contributed by atoms with Gasteiger partial charge in [0.2, 0.25) is 0 Å². The Bertz CT molecular complexity index is 1050. The highest BCUT2D eigenvalue weighted by molar-refractivity contribution is 6.11. The maximum absolute atomic E-state index is 13.4. The molecule has 5 nitrogen and oxygen atoms in total. The minimum absolute atomic E-state index is 0.357. The lowest BCUT2D eigenvalue weighted by atomic mass is 9.85. The Morgan fingerprint density at radius 3 is 2.73 bits per heavy atom. The third-order valence-electron chi connectivity index (χ3n) is 5.06. The summed E-state index contributed by atoms with van der Waals surface area (Å²) in [4.78, 5) is 18.2. The number of aliphatic hydroxyl groups is 1. The van der Waals surface area contributed by atoms with Gasteiger partial charge in [0.25, 0.3) is 5.91 Å². The van der Waals surface area contributed by atoms with Crippen LogP contribution in [0.3, 0.4) is 0 Å². The van der Waals surface area contributed by atoms with Gasteiger partial charge in [-0.15, -0.1) is 0 Å². The average molecular weight is 345 g/mol. The fourth-order valence-electron chi connectivity index (χ4n) is 3.96. The first-order chi connectivity index (χ1) is 12.6. The normalized spacial score (nSPS) is 19.0. The summed E-state index contributed by atoms with van der Waals surface area (Å²) in [7, 11) is 0. The number of unbranched alkanes of at least 4 members (excludes halogenated alkanes) is 1. The molecule has 2 aromatic carbocycles. The maximum Gasteiger partial charge on any atom is 0.268 e. The molecular weight excluding hydrogens is 326 g/mol. The summed E-state index contributed by atoms with van der Waals surface area (Å²) in [6.07, 6.45) is 0.940. The van der Waals surface area contributed by atoms with Crippen molar-refractivity contribution in [2.75, 3.05) is 11.4 Å². The highest BCUT2D eigenvalue weighted by Gasteiger charge is 2.52. The number of hydrogen-bond donors (Lipinski definition) is 2. The van der Waals surface area contributed by atoms with Crippen LogP contribution < -0.4 is 4.90 Å². The van der Waals surface area contributed by atoms with Crippen molar-refractivity contribution in [1.29, 1.82) is 5.26 Å². The van der Waals surface area contributed by atoms with Crippen LogP contribution >= 0.6 is 0 Å². The molecule has 26 heavy (non-hydrogen) atoms. The Kier molecular flexibility index (Phi) is 3.78. The molecule has 5 heteroatoms. The van der Waals surface area contributed by atoms with Gasteiger partial charge in [0.15, 0.2) is 5.60 Å². The van der Waals surface area contributed by atoms with Crippen LogP contribution in [0.1, 0.15) is 29.7 Å². The van der Waals surface area contributed by atoms with E-state index in [-0.39, 0.29) is 5.91 Å². The number of aromatic amines is 1. The Hall–Kier alpha value is -3.10. The Morgan fingerprint density at radius 1 is 1.19 bits per heavy atom. The van der Waals surface area contributed by atoms with Gasteiger partial charge in [0.05, 0.1) is 11.8 Å². The molecule has 130 valence electrons. The number of anilines is 1. The summed E-state index contributed by atoms with van der Waals surface area (Å²) < 4.78 is 0. The van der Waals surface area contributed by atoms with Gasteiger partial charge in [-0.2, -0.15) is 5.26 Å². The maximum atomic E-state index is 13.4. The quantitative estimate of drug-likeness (QED) is 0.712. The lowest BCUT2D eigenvalue weighted by Crippen LogP contribution is -2.41. The molecule has 1 atom stereocenters. The zero-order valence-corrected chi connectivity index (χ0v) is 14.5. The molecular formula is C21H19N3O2. The molecule has 0 bridgehead atoms. The van der Waals surface area contributed by atoms with Crippen LogP contribution in [0.4, 0.5) is 5.69 Å². The number of carbonyl (C=O) groups excluding carboxylic acids is 1. The third-order valence-corrected chi connectivity index (χ3v) is 5.06. The monoisotopic (exact) mass is 345 g/mol. The number of nitrogens with zero attached hydrogens (tertiary/aromatic N) is 2. The number of H-pyrrole nitrogens is 1. The molecule has 1 aliphatic heterocycles.